The molecule has 1 atom stereocenters. The molecule has 1 aliphatic rings. The third kappa shape index (κ3) is 2.61. The predicted molar refractivity (Wildman–Crippen MR) is 66.1 cm³/mol. The van der Waals surface area contributed by atoms with E-state index >= 15 is 0 Å². The number of methoxy groups -OCH3 is 1. The van der Waals surface area contributed by atoms with E-state index in [2.05, 4.69) is 0 Å². The molecule has 4 nitrogen and oxygen atoms in total. The molecule has 18 heavy (non-hydrogen) atoms. The SMILES string of the molecule is COc1ccc(C(=O)N2CCC[C@@H](N)C2)c(F)c1. The molecule has 0 aliphatic carbocycles. The van der Waals surface area contributed by atoms with Gasteiger partial charge in [-0.3, -0.25) is 4.79 Å². The van der Waals surface area contributed by atoms with Crippen molar-refractivity contribution in [3.63, 3.8) is 0 Å². The Bertz CT molecular complexity index is 451. The van der Waals surface area contributed by atoms with Crippen LogP contribution < -0.4 is 10.5 Å². The monoisotopic (exact) mass is 252 g/mol. The van der Waals surface area contributed by atoms with Gasteiger partial charge in [-0.15, -0.1) is 0 Å². The Labute approximate surface area is 106 Å². The number of nitrogens with zero attached hydrogens (tertiary/aromatic N) is 1. The number of piperidine rings is 1. The minimum absolute atomic E-state index is 0.0102. The van der Waals surface area contributed by atoms with E-state index in [0.717, 1.165) is 12.8 Å². The molecule has 1 heterocycles. The van der Waals surface area contributed by atoms with Crippen LogP contribution >= 0.6 is 0 Å². The minimum atomic E-state index is -0.557. The van der Waals surface area contributed by atoms with Crippen molar-refractivity contribution in [2.24, 2.45) is 5.73 Å². The molecule has 1 amide bonds. The summed E-state index contributed by atoms with van der Waals surface area (Å²) in [4.78, 5) is 13.8. The maximum atomic E-state index is 13.8. The topological polar surface area (TPSA) is 55.6 Å². The Hall–Kier alpha value is -1.62. The lowest BCUT2D eigenvalue weighted by atomic mass is 10.1. The normalized spacial score (nSPS) is 19.7. The van der Waals surface area contributed by atoms with Crippen molar-refractivity contribution in [2.45, 2.75) is 18.9 Å². The molecule has 5 heteroatoms. The fraction of sp³-hybridized carbons (Fsp3) is 0.462. The van der Waals surface area contributed by atoms with Gasteiger partial charge < -0.3 is 15.4 Å². The van der Waals surface area contributed by atoms with Crippen molar-refractivity contribution in [3.05, 3.63) is 29.6 Å². The van der Waals surface area contributed by atoms with Crippen LogP contribution in [0.4, 0.5) is 4.39 Å². The van der Waals surface area contributed by atoms with E-state index in [9.17, 15) is 9.18 Å². The van der Waals surface area contributed by atoms with Crippen molar-refractivity contribution < 1.29 is 13.9 Å². The van der Waals surface area contributed by atoms with Crippen LogP contribution in [0.5, 0.6) is 5.75 Å². The van der Waals surface area contributed by atoms with Gasteiger partial charge in [0.2, 0.25) is 0 Å². The second kappa shape index (κ2) is 5.35. The van der Waals surface area contributed by atoms with Gasteiger partial charge in [0.1, 0.15) is 11.6 Å². The highest BCUT2D eigenvalue weighted by atomic mass is 19.1. The molecule has 2 N–H and O–H groups in total. The average molecular weight is 252 g/mol. The number of ether oxygens (including phenoxy) is 1. The quantitative estimate of drug-likeness (QED) is 0.865. The molecule has 0 saturated carbocycles. The van der Waals surface area contributed by atoms with E-state index in [1.165, 1.54) is 19.2 Å². The third-order valence-electron chi connectivity index (χ3n) is 3.15. The Balaban J connectivity index is 2.17. The number of carbonyl (C=O) groups excluding carboxylic acids is 1. The Kier molecular flexibility index (Phi) is 3.81. The zero-order valence-electron chi connectivity index (χ0n) is 10.4. The third-order valence-corrected chi connectivity index (χ3v) is 3.15. The largest absolute Gasteiger partial charge is 0.497 e. The van der Waals surface area contributed by atoms with Crippen molar-refractivity contribution in [2.75, 3.05) is 20.2 Å². The lowest BCUT2D eigenvalue weighted by molar-refractivity contribution is 0.0704. The van der Waals surface area contributed by atoms with E-state index in [1.54, 1.807) is 11.0 Å². The van der Waals surface area contributed by atoms with Gasteiger partial charge >= 0.3 is 0 Å². The molecule has 1 fully saturated rings. The van der Waals surface area contributed by atoms with Crippen LogP contribution in [-0.4, -0.2) is 37.0 Å². The number of benzene rings is 1. The van der Waals surface area contributed by atoms with Gasteiger partial charge in [-0.25, -0.2) is 4.39 Å². The van der Waals surface area contributed by atoms with Crippen molar-refractivity contribution >= 4 is 5.91 Å². The summed E-state index contributed by atoms with van der Waals surface area (Å²) >= 11 is 0. The van der Waals surface area contributed by atoms with Crippen LogP contribution in [0.3, 0.4) is 0 Å². The van der Waals surface area contributed by atoms with E-state index < -0.39 is 5.82 Å². The smallest absolute Gasteiger partial charge is 0.256 e. The number of hydrogen-bond donors (Lipinski definition) is 1. The summed E-state index contributed by atoms with van der Waals surface area (Å²) in [6.07, 6.45) is 1.78. The van der Waals surface area contributed by atoms with Gasteiger partial charge in [0, 0.05) is 25.2 Å². The number of nitrogens with two attached hydrogens (primary N) is 1. The molecule has 1 aromatic rings. The van der Waals surface area contributed by atoms with Crippen LogP contribution in [0, 0.1) is 5.82 Å². The van der Waals surface area contributed by atoms with Gasteiger partial charge in [0.05, 0.1) is 12.7 Å². The van der Waals surface area contributed by atoms with Gasteiger partial charge in [0.25, 0.3) is 5.91 Å². The Morgan fingerprint density at radius 1 is 1.56 bits per heavy atom. The molecule has 0 spiro atoms. The number of amides is 1. The molecule has 0 aromatic heterocycles. The van der Waals surface area contributed by atoms with E-state index in [0.29, 0.717) is 18.8 Å². The second-order valence-electron chi connectivity index (χ2n) is 4.50. The maximum Gasteiger partial charge on any atom is 0.256 e. The van der Waals surface area contributed by atoms with Crippen LogP contribution in [0.15, 0.2) is 18.2 Å². The Morgan fingerprint density at radius 2 is 2.33 bits per heavy atom. The Morgan fingerprint density at radius 3 is 2.94 bits per heavy atom. The summed E-state index contributed by atoms with van der Waals surface area (Å²) in [7, 11) is 1.46. The first-order valence-corrected chi connectivity index (χ1v) is 6.00. The van der Waals surface area contributed by atoms with Crippen molar-refractivity contribution in [3.8, 4) is 5.75 Å². The zero-order chi connectivity index (χ0) is 13.1. The maximum absolute atomic E-state index is 13.8. The summed E-state index contributed by atoms with van der Waals surface area (Å²) in [6, 6.07) is 4.25. The van der Waals surface area contributed by atoms with Crippen molar-refractivity contribution in [1.82, 2.24) is 4.90 Å². The van der Waals surface area contributed by atoms with Gasteiger partial charge in [-0.2, -0.15) is 0 Å². The van der Waals surface area contributed by atoms with Gasteiger partial charge in [0.15, 0.2) is 0 Å². The van der Waals surface area contributed by atoms with E-state index in [1.807, 2.05) is 0 Å². The predicted octanol–water partition coefficient (Wildman–Crippen LogP) is 1.40. The van der Waals surface area contributed by atoms with Gasteiger partial charge in [-0.1, -0.05) is 0 Å². The van der Waals surface area contributed by atoms with Crippen molar-refractivity contribution in [1.29, 1.82) is 0 Å². The lowest BCUT2D eigenvalue weighted by Crippen LogP contribution is -2.45. The van der Waals surface area contributed by atoms with E-state index in [-0.39, 0.29) is 17.5 Å². The molecule has 1 aliphatic heterocycles. The molecule has 1 saturated heterocycles. The average Bonchev–Trinajstić information content (AvgIpc) is 2.37. The lowest BCUT2D eigenvalue weighted by Gasteiger charge is -2.30. The highest BCUT2D eigenvalue weighted by Crippen LogP contribution is 2.19. The molecule has 0 radical (unpaired) electrons. The van der Waals surface area contributed by atoms with Crippen LogP contribution in [0.1, 0.15) is 23.2 Å². The summed E-state index contributed by atoms with van der Waals surface area (Å²) in [6.45, 7) is 1.13. The highest BCUT2D eigenvalue weighted by molar-refractivity contribution is 5.94. The number of halogens is 1. The van der Waals surface area contributed by atoms with Gasteiger partial charge in [-0.05, 0) is 25.0 Å². The van der Waals surface area contributed by atoms with Crippen LogP contribution in [0.25, 0.3) is 0 Å². The zero-order valence-corrected chi connectivity index (χ0v) is 10.4. The minimum Gasteiger partial charge on any atom is -0.497 e. The van der Waals surface area contributed by atoms with Crippen LogP contribution in [-0.2, 0) is 0 Å². The first-order chi connectivity index (χ1) is 8.61. The molecule has 1 aromatic carbocycles. The molecular formula is C13H17FN2O2. The molecule has 0 unspecified atom stereocenters. The fourth-order valence-electron chi connectivity index (χ4n) is 2.16. The number of carbonyl (C=O) groups is 1. The van der Waals surface area contributed by atoms with Crippen LogP contribution in [0.2, 0.25) is 0 Å². The molecule has 98 valence electrons. The summed E-state index contributed by atoms with van der Waals surface area (Å²) in [5.41, 5.74) is 5.89. The highest BCUT2D eigenvalue weighted by Gasteiger charge is 2.24. The number of hydrogen-bond acceptors (Lipinski definition) is 3. The molecule has 2 rings (SSSR count). The summed E-state index contributed by atoms with van der Waals surface area (Å²) < 4.78 is 18.7. The summed E-state index contributed by atoms with van der Waals surface area (Å²) in [5.74, 6) is -0.455. The number of rotatable bonds is 2. The number of likely N-dealkylation sites (tertiary alicyclic amines) is 1. The molecule has 0 bridgehead atoms. The fourth-order valence-corrected chi connectivity index (χ4v) is 2.16. The standard InChI is InChI=1S/C13H17FN2O2/c1-18-10-4-5-11(12(14)7-10)13(17)16-6-2-3-9(15)8-16/h4-5,7,9H,2-3,6,8,15H2,1H3/t9-/m1/s1. The van der Waals surface area contributed by atoms with E-state index in [4.69, 9.17) is 10.5 Å². The molecular weight excluding hydrogens is 235 g/mol. The first kappa shape index (κ1) is 12.8. The first-order valence-electron chi connectivity index (χ1n) is 6.00. The summed E-state index contributed by atoms with van der Waals surface area (Å²) in [5, 5.41) is 0. The second-order valence-corrected chi connectivity index (χ2v) is 4.50.